The minimum absolute atomic E-state index is 0.00386. The highest BCUT2D eigenvalue weighted by molar-refractivity contribution is 5.97. The highest BCUT2D eigenvalue weighted by atomic mass is 16.3. The highest BCUT2D eigenvalue weighted by Crippen LogP contribution is 2.38. The van der Waals surface area contributed by atoms with Gasteiger partial charge in [0.1, 0.15) is 5.76 Å². The van der Waals surface area contributed by atoms with Gasteiger partial charge in [0.05, 0.1) is 17.3 Å². The number of carbonyl (C=O) groups excluding carboxylic acids is 1. The molecule has 1 aromatic carbocycles. The lowest BCUT2D eigenvalue weighted by Crippen LogP contribution is -1.93. The maximum atomic E-state index is 12.0. The smallest absolute Gasteiger partial charge is 0.298 e. The minimum Gasteiger partial charge on any atom is -0.493 e. The molecule has 2 aromatic heterocycles. The van der Waals surface area contributed by atoms with Crippen molar-refractivity contribution in [2.45, 2.75) is 20.4 Å². The monoisotopic (exact) mass is 297 g/mol. The summed E-state index contributed by atoms with van der Waals surface area (Å²) in [6.45, 7) is 4.20. The van der Waals surface area contributed by atoms with Crippen LogP contribution in [0.5, 0.6) is 5.88 Å². The highest BCUT2D eigenvalue weighted by Gasteiger charge is 2.16. The Hall–Kier alpha value is -2.89. The number of furan rings is 1. The zero-order valence-electron chi connectivity index (χ0n) is 12.3. The number of benzene rings is 1. The third-order valence-corrected chi connectivity index (χ3v) is 3.56. The van der Waals surface area contributed by atoms with Gasteiger partial charge in [-0.15, -0.1) is 10.2 Å². The van der Waals surface area contributed by atoms with Crippen molar-refractivity contribution in [1.82, 2.24) is 4.57 Å². The molecule has 0 bridgehead atoms. The number of hydrogen-bond donors (Lipinski definition) is 1. The minimum atomic E-state index is -0.501. The molecule has 3 rings (SSSR count). The standard InChI is InChI=1S/C16H15N3O3/c1-3-19-13-7-5-4-6-12(13)14(16(19)21)17-18-15(20)11-8-9-22-10(11)2/h4-9,21H,3H2,1-2H3. The number of para-hydroxylation sites is 1. The van der Waals surface area contributed by atoms with Crippen molar-refractivity contribution in [3.63, 3.8) is 0 Å². The zero-order valence-corrected chi connectivity index (χ0v) is 12.3. The van der Waals surface area contributed by atoms with Gasteiger partial charge in [-0.3, -0.25) is 4.79 Å². The summed E-state index contributed by atoms with van der Waals surface area (Å²) >= 11 is 0. The first kappa shape index (κ1) is 14.1. The molecule has 0 aliphatic rings. The topological polar surface area (TPSA) is 80.1 Å². The van der Waals surface area contributed by atoms with E-state index in [2.05, 4.69) is 10.2 Å². The molecule has 0 fully saturated rings. The summed E-state index contributed by atoms with van der Waals surface area (Å²) in [6.07, 6.45) is 1.43. The van der Waals surface area contributed by atoms with Crippen LogP contribution in [0.1, 0.15) is 23.0 Å². The van der Waals surface area contributed by atoms with Crippen LogP contribution in [0.2, 0.25) is 0 Å². The molecule has 0 saturated carbocycles. The fourth-order valence-corrected chi connectivity index (χ4v) is 2.45. The average Bonchev–Trinajstić information content (AvgIpc) is 3.06. The Balaban J connectivity index is 2.04. The maximum absolute atomic E-state index is 12.0. The predicted molar refractivity (Wildman–Crippen MR) is 81.6 cm³/mol. The van der Waals surface area contributed by atoms with Crippen LogP contribution in [0.4, 0.5) is 5.69 Å². The van der Waals surface area contributed by atoms with Crippen LogP contribution in [0, 0.1) is 6.92 Å². The molecule has 3 aromatic rings. The van der Waals surface area contributed by atoms with Crippen molar-refractivity contribution < 1.29 is 14.3 Å². The summed E-state index contributed by atoms with van der Waals surface area (Å²) in [6, 6.07) is 9.01. The SMILES string of the molecule is CCn1c(O)c(N=NC(=O)c2ccoc2C)c2ccccc21. The number of aromatic hydroxyl groups is 1. The summed E-state index contributed by atoms with van der Waals surface area (Å²) in [5.74, 6) is -0.00713. The summed E-state index contributed by atoms with van der Waals surface area (Å²) in [5.41, 5.74) is 1.51. The van der Waals surface area contributed by atoms with E-state index < -0.39 is 5.91 Å². The van der Waals surface area contributed by atoms with Gasteiger partial charge < -0.3 is 14.1 Å². The Morgan fingerprint density at radius 2 is 2.09 bits per heavy atom. The molecule has 0 spiro atoms. The van der Waals surface area contributed by atoms with E-state index in [4.69, 9.17) is 4.42 Å². The molecule has 6 heteroatoms. The Kier molecular flexibility index (Phi) is 3.50. The second-order valence-electron chi connectivity index (χ2n) is 4.83. The zero-order chi connectivity index (χ0) is 15.7. The van der Waals surface area contributed by atoms with E-state index in [1.165, 1.54) is 6.26 Å². The molecule has 0 aliphatic carbocycles. The lowest BCUT2D eigenvalue weighted by Gasteiger charge is -2.00. The Labute approximate surface area is 126 Å². The van der Waals surface area contributed by atoms with Gasteiger partial charge in [0.15, 0.2) is 5.69 Å². The molecule has 22 heavy (non-hydrogen) atoms. The first-order valence-corrected chi connectivity index (χ1v) is 6.93. The summed E-state index contributed by atoms with van der Waals surface area (Å²) < 4.78 is 6.80. The van der Waals surface area contributed by atoms with Gasteiger partial charge >= 0.3 is 0 Å². The van der Waals surface area contributed by atoms with Gasteiger partial charge in [-0.05, 0) is 26.0 Å². The number of nitrogens with zero attached hydrogens (tertiary/aromatic N) is 3. The molecule has 0 radical (unpaired) electrons. The second kappa shape index (κ2) is 5.48. The van der Waals surface area contributed by atoms with Crippen molar-refractivity contribution in [2.75, 3.05) is 0 Å². The largest absolute Gasteiger partial charge is 0.493 e. The van der Waals surface area contributed by atoms with Gasteiger partial charge in [0.25, 0.3) is 5.91 Å². The fraction of sp³-hybridized carbons (Fsp3) is 0.188. The number of fused-ring (bicyclic) bond motifs is 1. The van der Waals surface area contributed by atoms with Crippen molar-refractivity contribution in [3.8, 4) is 5.88 Å². The lowest BCUT2D eigenvalue weighted by molar-refractivity contribution is 0.0993. The van der Waals surface area contributed by atoms with Gasteiger partial charge in [0, 0.05) is 11.9 Å². The van der Waals surface area contributed by atoms with Crippen LogP contribution in [-0.2, 0) is 6.54 Å². The number of amides is 1. The van der Waals surface area contributed by atoms with E-state index in [0.717, 1.165) is 10.9 Å². The van der Waals surface area contributed by atoms with Crippen LogP contribution < -0.4 is 0 Å². The molecule has 0 atom stereocenters. The Bertz CT molecular complexity index is 874. The van der Waals surface area contributed by atoms with Crippen molar-refractivity contribution in [2.24, 2.45) is 10.2 Å². The third-order valence-electron chi connectivity index (χ3n) is 3.56. The van der Waals surface area contributed by atoms with Crippen LogP contribution in [0.25, 0.3) is 10.9 Å². The van der Waals surface area contributed by atoms with Gasteiger partial charge in [-0.25, -0.2) is 0 Å². The number of rotatable bonds is 3. The van der Waals surface area contributed by atoms with Crippen LogP contribution in [0.15, 0.2) is 51.2 Å². The number of carbonyl (C=O) groups is 1. The van der Waals surface area contributed by atoms with Crippen molar-refractivity contribution in [3.05, 3.63) is 47.9 Å². The van der Waals surface area contributed by atoms with Gasteiger partial charge in [-0.1, -0.05) is 18.2 Å². The van der Waals surface area contributed by atoms with E-state index in [0.29, 0.717) is 23.6 Å². The number of hydrogen-bond acceptors (Lipinski definition) is 4. The van der Waals surface area contributed by atoms with Crippen molar-refractivity contribution >= 4 is 22.5 Å². The average molecular weight is 297 g/mol. The first-order valence-electron chi connectivity index (χ1n) is 6.93. The third kappa shape index (κ3) is 2.18. The first-order chi connectivity index (χ1) is 10.6. The molecular formula is C16H15N3O3. The summed E-state index contributed by atoms with van der Waals surface area (Å²) in [7, 11) is 0. The molecular weight excluding hydrogens is 282 g/mol. The predicted octanol–water partition coefficient (Wildman–Crippen LogP) is 4.19. The van der Waals surface area contributed by atoms with Crippen LogP contribution in [0.3, 0.4) is 0 Å². The van der Waals surface area contributed by atoms with E-state index in [1.807, 2.05) is 31.2 Å². The van der Waals surface area contributed by atoms with E-state index >= 15 is 0 Å². The summed E-state index contributed by atoms with van der Waals surface area (Å²) in [5, 5.41) is 18.7. The van der Waals surface area contributed by atoms with Crippen molar-refractivity contribution in [1.29, 1.82) is 0 Å². The molecule has 1 N–H and O–H groups in total. The molecule has 1 amide bonds. The molecule has 2 heterocycles. The molecule has 0 saturated heterocycles. The molecule has 112 valence electrons. The van der Waals surface area contributed by atoms with Crippen LogP contribution in [-0.4, -0.2) is 15.6 Å². The lowest BCUT2D eigenvalue weighted by atomic mass is 10.2. The number of aromatic nitrogens is 1. The molecule has 0 aliphatic heterocycles. The Morgan fingerprint density at radius 1 is 1.32 bits per heavy atom. The van der Waals surface area contributed by atoms with E-state index in [-0.39, 0.29) is 5.88 Å². The molecule has 6 nitrogen and oxygen atoms in total. The maximum Gasteiger partial charge on any atom is 0.298 e. The van der Waals surface area contributed by atoms with Crippen LogP contribution >= 0.6 is 0 Å². The number of azo groups is 1. The van der Waals surface area contributed by atoms with E-state index in [1.54, 1.807) is 17.6 Å². The van der Waals surface area contributed by atoms with Gasteiger partial charge in [0.2, 0.25) is 5.88 Å². The summed E-state index contributed by atoms with van der Waals surface area (Å²) in [4.78, 5) is 12.0. The quantitative estimate of drug-likeness (QED) is 0.736. The number of aryl methyl sites for hydroxylation is 2. The normalized spacial score (nSPS) is 11.5. The Morgan fingerprint density at radius 3 is 2.77 bits per heavy atom. The second-order valence-corrected chi connectivity index (χ2v) is 4.83. The van der Waals surface area contributed by atoms with E-state index in [9.17, 15) is 9.90 Å². The fourth-order valence-electron chi connectivity index (χ4n) is 2.45. The molecule has 0 unspecified atom stereocenters. The van der Waals surface area contributed by atoms with Gasteiger partial charge in [-0.2, -0.15) is 0 Å².